The number of hydrogen-bond acceptors (Lipinski definition) is 1. The van der Waals surface area contributed by atoms with Crippen LogP contribution in [0.3, 0.4) is 0 Å². The van der Waals surface area contributed by atoms with E-state index >= 15 is 0 Å². The van der Waals surface area contributed by atoms with Crippen molar-refractivity contribution in [2.75, 3.05) is 0 Å². The topological polar surface area (TPSA) is 20.2 Å². The third-order valence-electron chi connectivity index (χ3n) is 1.00. The van der Waals surface area contributed by atoms with Crippen LogP contribution in [-0.2, 0) is 0 Å². The van der Waals surface area contributed by atoms with Gasteiger partial charge in [0.05, 0.1) is 0 Å². The molecule has 2 heteroatoms. The maximum atomic E-state index is 8.81. The first-order valence-electron chi connectivity index (χ1n) is 2.54. The first kappa shape index (κ1) is 9.66. The van der Waals surface area contributed by atoms with E-state index in [4.69, 9.17) is 5.11 Å². The van der Waals surface area contributed by atoms with E-state index in [1.54, 1.807) is 12.1 Å². The second kappa shape index (κ2) is 4.47. The zero-order valence-electron chi connectivity index (χ0n) is 5.76. The van der Waals surface area contributed by atoms with E-state index in [0.717, 1.165) is 5.56 Å². The molecule has 0 aliphatic rings. The predicted molar refractivity (Wildman–Crippen MR) is 38.6 cm³/mol. The molecule has 1 rings (SSSR count). The number of aromatic hydroxyl groups is 1. The van der Waals surface area contributed by atoms with Crippen LogP contribution in [0.1, 0.15) is 5.56 Å². The molecule has 9 heavy (non-hydrogen) atoms. The van der Waals surface area contributed by atoms with E-state index in [1.807, 2.05) is 19.1 Å². The molecule has 0 saturated carbocycles. The quantitative estimate of drug-likeness (QED) is 0.549. The van der Waals surface area contributed by atoms with Gasteiger partial charge in [-0.3, -0.25) is 0 Å². The number of phenols is 1. The third-order valence-corrected chi connectivity index (χ3v) is 1.00. The van der Waals surface area contributed by atoms with Crippen molar-refractivity contribution in [2.45, 2.75) is 6.92 Å². The van der Waals surface area contributed by atoms with E-state index in [1.165, 1.54) is 0 Å². The molecule has 1 radical (unpaired) electrons. The van der Waals surface area contributed by atoms with Gasteiger partial charge < -0.3 is 5.11 Å². The minimum Gasteiger partial charge on any atom is -0.508 e. The van der Waals surface area contributed by atoms with Crippen molar-refractivity contribution in [2.24, 2.45) is 0 Å². The first-order valence-corrected chi connectivity index (χ1v) is 2.54. The summed E-state index contributed by atoms with van der Waals surface area (Å²) in [5, 5.41) is 8.81. The standard InChI is InChI=1S/C7H8O.K/c1-6-3-2-4-7(8)5-6;/h2-5,8H,1H3;. The maximum Gasteiger partial charge on any atom is 0.115 e. The molecule has 0 fully saturated rings. The summed E-state index contributed by atoms with van der Waals surface area (Å²) < 4.78 is 0. The van der Waals surface area contributed by atoms with E-state index in [0.29, 0.717) is 5.75 Å². The van der Waals surface area contributed by atoms with E-state index in [9.17, 15) is 0 Å². The van der Waals surface area contributed by atoms with Gasteiger partial charge in [-0.1, -0.05) is 12.1 Å². The van der Waals surface area contributed by atoms with Crippen LogP contribution in [-0.4, -0.2) is 56.5 Å². The van der Waals surface area contributed by atoms with Gasteiger partial charge in [-0.25, -0.2) is 0 Å². The smallest absolute Gasteiger partial charge is 0.115 e. The van der Waals surface area contributed by atoms with Gasteiger partial charge in [0, 0.05) is 51.4 Å². The van der Waals surface area contributed by atoms with Gasteiger partial charge in [0.1, 0.15) is 5.75 Å². The molecule has 0 spiro atoms. The first-order chi connectivity index (χ1) is 3.79. The molecule has 0 saturated heterocycles. The Bertz CT molecular complexity index is 169. The van der Waals surface area contributed by atoms with Crippen LogP contribution < -0.4 is 0 Å². The molecule has 0 atom stereocenters. The van der Waals surface area contributed by atoms with Crippen molar-refractivity contribution in [3.63, 3.8) is 0 Å². The largest absolute Gasteiger partial charge is 0.508 e. The zero-order chi connectivity index (χ0) is 5.98. The number of rotatable bonds is 0. The van der Waals surface area contributed by atoms with E-state index in [2.05, 4.69) is 0 Å². The Morgan fingerprint density at radius 2 is 2.00 bits per heavy atom. The summed E-state index contributed by atoms with van der Waals surface area (Å²) in [5.74, 6) is 0.338. The fourth-order valence-electron chi connectivity index (χ4n) is 0.628. The number of benzene rings is 1. The molecule has 1 N–H and O–H groups in total. The van der Waals surface area contributed by atoms with Gasteiger partial charge in [-0.05, 0) is 24.6 Å². The molecule has 0 aliphatic heterocycles. The van der Waals surface area contributed by atoms with Gasteiger partial charge >= 0.3 is 0 Å². The van der Waals surface area contributed by atoms with Crippen molar-refractivity contribution in [3.8, 4) is 5.75 Å². The minimum atomic E-state index is 0. The fraction of sp³-hybridized carbons (Fsp3) is 0.143. The van der Waals surface area contributed by atoms with Crippen molar-refractivity contribution >= 4 is 51.4 Å². The van der Waals surface area contributed by atoms with Crippen molar-refractivity contribution in [1.29, 1.82) is 0 Å². The number of hydrogen-bond donors (Lipinski definition) is 1. The molecule has 0 aliphatic carbocycles. The van der Waals surface area contributed by atoms with Gasteiger partial charge in [0.25, 0.3) is 0 Å². The summed E-state index contributed by atoms with van der Waals surface area (Å²) in [6, 6.07) is 7.15. The maximum absolute atomic E-state index is 8.81. The van der Waals surface area contributed by atoms with Crippen molar-refractivity contribution in [3.05, 3.63) is 29.8 Å². The van der Waals surface area contributed by atoms with Crippen LogP contribution in [0.15, 0.2) is 24.3 Å². The molecule has 0 aromatic heterocycles. The average molecular weight is 147 g/mol. The second-order valence-corrected chi connectivity index (χ2v) is 1.84. The van der Waals surface area contributed by atoms with Gasteiger partial charge in [-0.2, -0.15) is 0 Å². The van der Waals surface area contributed by atoms with Crippen LogP contribution >= 0.6 is 0 Å². The van der Waals surface area contributed by atoms with Crippen LogP contribution in [0.5, 0.6) is 5.75 Å². The fourth-order valence-corrected chi connectivity index (χ4v) is 0.628. The van der Waals surface area contributed by atoms with Crippen molar-refractivity contribution in [1.82, 2.24) is 0 Å². The summed E-state index contributed by atoms with van der Waals surface area (Å²) in [5.41, 5.74) is 1.09. The summed E-state index contributed by atoms with van der Waals surface area (Å²) >= 11 is 0. The molecule has 1 aromatic carbocycles. The summed E-state index contributed by atoms with van der Waals surface area (Å²) in [7, 11) is 0. The number of aryl methyl sites for hydroxylation is 1. The SMILES string of the molecule is Cc1cccc(O)c1.[K]. The number of phenolic OH excluding ortho intramolecular Hbond substituents is 1. The van der Waals surface area contributed by atoms with Crippen molar-refractivity contribution < 1.29 is 5.11 Å². The molecule has 43 valence electrons. The Morgan fingerprint density at radius 3 is 2.33 bits per heavy atom. The molecule has 1 aromatic rings. The van der Waals surface area contributed by atoms with E-state index in [-0.39, 0.29) is 51.4 Å². The van der Waals surface area contributed by atoms with Crippen LogP contribution in [0, 0.1) is 6.92 Å². The Balaban J connectivity index is 0.000000640. The average Bonchev–Trinajstić information content (AvgIpc) is 1.64. The molecular formula is C7H8KO. The molecule has 1 nitrogen and oxygen atoms in total. The molecule has 0 bridgehead atoms. The minimum absolute atomic E-state index is 0. The van der Waals surface area contributed by atoms with Gasteiger partial charge in [-0.15, -0.1) is 0 Å². The van der Waals surface area contributed by atoms with Gasteiger partial charge in [0.15, 0.2) is 0 Å². The Labute approximate surface area is 97.5 Å². The second-order valence-electron chi connectivity index (χ2n) is 1.84. The summed E-state index contributed by atoms with van der Waals surface area (Å²) in [6.45, 7) is 1.94. The predicted octanol–water partition coefficient (Wildman–Crippen LogP) is 1.32. The summed E-state index contributed by atoms with van der Waals surface area (Å²) in [6.07, 6.45) is 0. The molecule has 0 heterocycles. The Kier molecular flexibility index (Phi) is 4.79. The summed E-state index contributed by atoms with van der Waals surface area (Å²) in [4.78, 5) is 0. The third kappa shape index (κ3) is 3.38. The Morgan fingerprint density at radius 1 is 1.33 bits per heavy atom. The zero-order valence-corrected chi connectivity index (χ0v) is 8.88. The van der Waals surface area contributed by atoms with Crippen LogP contribution in [0.2, 0.25) is 0 Å². The normalized spacial score (nSPS) is 8.11. The Hall–Kier alpha value is 0.656. The monoisotopic (exact) mass is 147 g/mol. The molecular weight excluding hydrogens is 139 g/mol. The van der Waals surface area contributed by atoms with E-state index < -0.39 is 0 Å². The molecule has 0 unspecified atom stereocenters. The van der Waals surface area contributed by atoms with Crippen LogP contribution in [0.4, 0.5) is 0 Å². The van der Waals surface area contributed by atoms with Crippen LogP contribution in [0.25, 0.3) is 0 Å². The van der Waals surface area contributed by atoms with Gasteiger partial charge in [0.2, 0.25) is 0 Å². The molecule has 0 amide bonds.